The van der Waals surface area contributed by atoms with E-state index in [1.165, 1.54) is 45.5 Å². The SMILES string of the molecule is COC[C@H]1C[C@@H](c2ncc(-c3ccc4c(c3)COc3cc5c(ccc6nc([C@@H]7CCCN7C(=O)[C@H](NC(=O)OC)c7ccc(C8CCCC8)cc7)[nH]c65)cc3-4)[nH]2)N(C(=O)[C@@H](NC(=O)OC)C(C)C)C1. The lowest BCUT2D eigenvalue weighted by Gasteiger charge is -2.30. The van der Waals surface area contributed by atoms with E-state index in [0.717, 1.165) is 73.9 Å². The second-order valence-electron chi connectivity index (χ2n) is 19.3. The van der Waals surface area contributed by atoms with Crippen LogP contribution >= 0.6 is 0 Å². The largest absolute Gasteiger partial charge is 0.488 e. The number of hydrogen-bond donors (Lipinski definition) is 4. The van der Waals surface area contributed by atoms with Crippen molar-refractivity contribution < 1.29 is 38.1 Å². The fourth-order valence-electron chi connectivity index (χ4n) is 11.1. The number of carbonyl (C=O) groups is 4. The Kier molecular flexibility index (Phi) is 12.8. The highest BCUT2D eigenvalue weighted by molar-refractivity contribution is 6.07. The molecule has 4 N–H and O–H groups in total. The van der Waals surface area contributed by atoms with Crippen LogP contribution in [0.25, 0.3) is 44.2 Å². The number of rotatable bonds is 12. The highest BCUT2D eigenvalue weighted by Crippen LogP contribution is 2.44. The topological polar surface area (TPSA) is 193 Å². The number of imidazole rings is 2. The average molecular weight is 937 g/mol. The van der Waals surface area contributed by atoms with E-state index in [0.29, 0.717) is 50.3 Å². The molecule has 2 aromatic heterocycles. The predicted octanol–water partition coefficient (Wildman–Crippen LogP) is 9.00. The fraction of sp³-hybridized carbons (Fsp3) is 0.434. The second kappa shape index (κ2) is 19.2. The number of aromatic amines is 2. The smallest absolute Gasteiger partial charge is 0.407 e. The third kappa shape index (κ3) is 8.86. The minimum atomic E-state index is -0.906. The highest BCUT2D eigenvalue weighted by Gasteiger charge is 2.42. The second-order valence-corrected chi connectivity index (χ2v) is 19.3. The Bertz CT molecular complexity index is 2900. The summed E-state index contributed by atoms with van der Waals surface area (Å²) < 4.78 is 21.8. The lowest BCUT2D eigenvalue weighted by molar-refractivity contribution is -0.136. The standard InChI is InChI=1S/C53H60N8O8/c1-29(2)45(58-52(64)67-4)50(62)61-26-30(27-66-3)21-43(61)48-54-25-41(56-48)35-16-18-37-36(22-35)28-69-44-24-38-34(23-39(37)44)17-19-40-47(38)57-49(55-40)42-11-8-20-60(42)51(63)46(59-53(65)68-5)33-14-12-32(13-15-33)31-9-6-7-10-31/h12-19,22-25,29-31,42-43,45-46H,6-11,20-21,26-28H2,1-5H3,(H,54,56)(H,55,57)(H,58,64)(H,59,65)/t30-,42-,43-,45-,46+/m0/s1. The van der Waals surface area contributed by atoms with Crippen LogP contribution in [0.4, 0.5) is 9.59 Å². The normalized spacial score (nSPS) is 19.9. The Labute approximate surface area is 400 Å². The molecule has 69 heavy (non-hydrogen) atoms. The average Bonchev–Trinajstić information content (AvgIpc) is 4.24. The van der Waals surface area contributed by atoms with Gasteiger partial charge in [0.15, 0.2) is 0 Å². The van der Waals surface area contributed by atoms with Crippen molar-refractivity contribution in [2.75, 3.05) is 41.0 Å². The van der Waals surface area contributed by atoms with Crippen LogP contribution in [0.15, 0.2) is 72.9 Å². The third-order valence-electron chi connectivity index (χ3n) is 14.7. The number of H-pyrrole nitrogens is 2. The van der Waals surface area contributed by atoms with Gasteiger partial charge in [0.1, 0.15) is 36.1 Å². The molecule has 360 valence electrons. The quantitative estimate of drug-likeness (QED) is 0.0921. The first kappa shape index (κ1) is 45.8. The summed E-state index contributed by atoms with van der Waals surface area (Å²) in [6.07, 6.45) is 7.51. The molecule has 1 aliphatic carbocycles. The van der Waals surface area contributed by atoms with Gasteiger partial charge in [0.05, 0.1) is 55.8 Å². The van der Waals surface area contributed by atoms with Gasteiger partial charge in [-0.3, -0.25) is 9.59 Å². The summed E-state index contributed by atoms with van der Waals surface area (Å²) in [7, 11) is 4.25. The van der Waals surface area contributed by atoms with Crippen LogP contribution in [-0.2, 0) is 30.4 Å². The van der Waals surface area contributed by atoms with E-state index in [1.807, 2.05) is 36.9 Å². The Balaban J connectivity index is 0.889. The van der Waals surface area contributed by atoms with Crippen molar-refractivity contribution in [1.82, 2.24) is 40.4 Å². The van der Waals surface area contributed by atoms with Gasteiger partial charge in [0.2, 0.25) is 5.91 Å². The fourth-order valence-corrected chi connectivity index (χ4v) is 11.1. The van der Waals surface area contributed by atoms with Crippen molar-refractivity contribution in [3.05, 3.63) is 101 Å². The molecule has 16 nitrogen and oxygen atoms in total. The minimum absolute atomic E-state index is 0.103. The number of fused-ring (bicyclic) bond motifs is 6. The van der Waals surface area contributed by atoms with Gasteiger partial charge >= 0.3 is 12.2 Å². The maximum Gasteiger partial charge on any atom is 0.407 e. The lowest BCUT2D eigenvalue weighted by atomic mass is 9.92. The van der Waals surface area contributed by atoms with Crippen molar-refractivity contribution in [1.29, 1.82) is 0 Å². The summed E-state index contributed by atoms with van der Waals surface area (Å²) in [6.45, 7) is 5.67. The number of likely N-dealkylation sites (tertiary alicyclic amines) is 2. The predicted molar refractivity (Wildman–Crippen MR) is 259 cm³/mol. The highest BCUT2D eigenvalue weighted by atomic mass is 16.5. The van der Waals surface area contributed by atoms with Gasteiger partial charge in [-0.05, 0) is 101 Å². The van der Waals surface area contributed by atoms with Gasteiger partial charge in [-0.1, -0.05) is 69.2 Å². The molecule has 0 radical (unpaired) electrons. The van der Waals surface area contributed by atoms with Crippen molar-refractivity contribution in [3.8, 4) is 28.1 Å². The van der Waals surface area contributed by atoms with Crippen molar-refractivity contribution in [2.45, 2.75) is 95.5 Å². The van der Waals surface area contributed by atoms with Gasteiger partial charge in [0.25, 0.3) is 5.91 Å². The molecule has 1 saturated carbocycles. The molecule has 10 rings (SSSR count). The van der Waals surface area contributed by atoms with Crippen molar-refractivity contribution in [3.63, 3.8) is 0 Å². The van der Waals surface area contributed by atoms with E-state index in [9.17, 15) is 19.2 Å². The summed E-state index contributed by atoms with van der Waals surface area (Å²) in [5, 5.41) is 7.53. The molecule has 0 unspecified atom stereocenters. The van der Waals surface area contributed by atoms with E-state index >= 15 is 0 Å². The molecule has 4 aromatic carbocycles. The summed E-state index contributed by atoms with van der Waals surface area (Å²) in [5.41, 5.74) is 8.49. The van der Waals surface area contributed by atoms with Gasteiger partial charge in [-0.25, -0.2) is 19.6 Å². The van der Waals surface area contributed by atoms with Gasteiger partial charge in [0, 0.05) is 37.1 Å². The van der Waals surface area contributed by atoms with E-state index in [1.54, 1.807) is 18.2 Å². The molecule has 0 bridgehead atoms. The molecule has 6 aromatic rings. The summed E-state index contributed by atoms with van der Waals surface area (Å²) in [6, 6.07) is 20.5. The number of amides is 4. The Morgan fingerprint density at radius 2 is 1.59 bits per heavy atom. The number of hydrogen-bond acceptors (Lipinski definition) is 10. The first-order chi connectivity index (χ1) is 33.5. The molecule has 2 saturated heterocycles. The van der Waals surface area contributed by atoms with Gasteiger partial charge in [-0.2, -0.15) is 0 Å². The number of methoxy groups -OCH3 is 3. The zero-order chi connectivity index (χ0) is 47.9. The molecule has 16 heteroatoms. The number of nitrogens with one attached hydrogen (secondary N) is 4. The minimum Gasteiger partial charge on any atom is -0.488 e. The summed E-state index contributed by atoms with van der Waals surface area (Å²) in [4.78, 5) is 73.9. The first-order valence-electron chi connectivity index (χ1n) is 24.2. The molecule has 3 fully saturated rings. The van der Waals surface area contributed by atoms with Crippen LogP contribution in [0.5, 0.6) is 5.75 Å². The molecular weight excluding hydrogens is 877 g/mol. The Hall–Kier alpha value is -6.94. The maximum absolute atomic E-state index is 14.5. The van der Waals surface area contributed by atoms with Gasteiger partial charge in [-0.15, -0.1) is 0 Å². The number of ether oxygens (including phenoxy) is 4. The maximum atomic E-state index is 14.5. The van der Waals surface area contributed by atoms with E-state index < -0.39 is 24.3 Å². The summed E-state index contributed by atoms with van der Waals surface area (Å²) >= 11 is 0. The molecule has 4 amide bonds. The zero-order valence-corrected chi connectivity index (χ0v) is 39.8. The monoisotopic (exact) mass is 936 g/mol. The lowest BCUT2D eigenvalue weighted by Crippen LogP contribution is -2.51. The number of nitrogens with zero attached hydrogens (tertiary/aromatic N) is 4. The van der Waals surface area contributed by atoms with Crippen LogP contribution < -0.4 is 15.4 Å². The van der Waals surface area contributed by atoms with Crippen molar-refractivity contribution >= 4 is 45.8 Å². The number of alkyl carbamates (subject to hydrolysis) is 2. The molecule has 0 spiro atoms. The van der Waals surface area contributed by atoms with Crippen LogP contribution in [0.2, 0.25) is 0 Å². The van der Waals surface area contributed by atoms with Crippen LogP contribution in [0, 0.1) is 11.8 Å². The molecule has 5 heterocycles. The van der Waals surface area contributed by atoms with E-state index in [2.05, 4.69) is 69.1 Å². The van der Waals surface area contributed by atoms with Crippen LogP contribution in [0.1, 0.15) is 111 Å². The molecular formula is C53H60N8O8. The van der Waals surface area contributed by atoms with E-state index in [-0.39, 0.29) is 35.7 Å². The number of carbonyl (C=O) groups excluding carboxylic acids is 4. The summed E-state index contributed by atoms with van der Waals surface area (Å²) in [5.74, 6) is 2.23. The molecule has 5 atom stereocenters. The zero-order valence-electron chi connectivity index (χ0n) is 39.8. The first-order valence-corrected chi connectivity index (χ1v) is 24.2. The molecule has 4 aliphatic rings. The number of benzene rings is 4. The van der Waals surface area contributed by atoms with Crippen LogP contribution in [0.3, 0.4) is 0 Å². The van der Waals surface area contributed by atoms with E-state index in [4.69, 9.17) is 28.9 Å². The molecule has 3 aliphatic heterocycles. The van der Waals surface area contributed by atoms with Crippen LogP contribution in [-0.4, -0.2) is 101 Å². The number of aromatic nitrogens is 4. The third-order valence-corrected chi connectivity index (χ3v) is 14.7. The Morgan fingerprint density at radius 1 is 0.812 bits per heavy atom. The Morgan fingerprint density at radius 3 is 2.35 bits per heavy atom. The van der Waals surface area contributed by atoms with Crippen molar-refractivity contribution in [2.24, 2.45) is 11.8 Å². The van der Waals surface area contributed by atoms with Gasteiger partial charge < -0.3 is 49.3 Å².